The first-order chi connectivity index (χ1) is 11.0. The molecule has 118 valence electrons. The van der Waals surface area contributed by atoms with Gasteiger partial charge >= 0.3 is 0 Å². The van der Waals surface area contributed by atoms with E-state index >= 15 is 0 Å². The van der Waals surface area contributed by atoms with Crippen molar-refractivity contribution in [3.05, 3.63) is 54.2 Å². The number of rotatable bonds is 4. The summed E-state index contributed by atoms with van der Waals surface area (Å²) in [5.41, 5.74) is 1.22. The van der Waals surface area contributed by atoms with Gasteiger partial charge in [-0.05, 0) is 29.7 Å². The van der Waals surface area contributed by atoms with Crippen LogP contribution in [-0.4, -0.2) is 17.1 Å². The molecule has 0 saturated carbocycles. The van der Waals surface area contributed by atoms with Crippen molar-refractivity contribution < 1.29 is 9.32 Å². The number of benzene rings is 2. The Kier molecular flexibility index (Phi) is 4.15. The minimum Gasteiger partial charge on any atom is -0.355 e. The molecule has 3 rings (SSSR count). The molecule has 1 atom stereocenters. The van der Waals surface area contributed by atoms with Crippen LogP contribution in [0, 0.1) is 5.92 Å². The van der Waals surface area contributed by atoms with Crippen molar-refractivity contribution in [3.8, 4) is 11.3 Å². The van der Waals surface area contributed by atoms with Gasteiger partial charge in [-0.15, -0.1) is 0 Å². The number of nitrogens with zero attached hydrogens (tertiary/aromatic N) is 1. The van der Waals surface area contributed by atoms with Gasteiger partial charge in [0.15, 0.2) is 11.5 Å². The maximum Gasteiger partial charge on any atom is 0.273 e. The third-order valence-corrected chi connectivity index (χ3v) is 4.14. The Balaban J connectivity index is 1.84. The summed E-state index contributed by atoms with van der Waals surface area (Å²) in [6, 6.07) is 15.9. The number of hydrogen-bond donors (Lipinski definition) is 1. The Morgan fingerprint density at radius 1 is 1.04 bits per heavy atom. The molecule has 0 aliphatic rings. The highest BCUT2D eigenvalue weighted by Gasteiger charge is 2.17. The van der Waals surface area contributed by atoms with E-state index in [0.717, 1.165) is 10.9 Å². The SMILES string of the molecule is CC(C)[C@H](C)NC(=O)c1cc(-c2ccc3ccccc3c2)on1. The zero-order chi connectivity index (χ0) is 16.4. The first-order valence-electron chi connectivity index (χ1n) is 7.81. The van der Waals surface area contributed by atoms with Gasteiger partial charge < -0.3 is 9.84 Å². The lowest BCUT2D eigenvalue weighted by molar-refractivity contribution is 0.0921. The van der Waals surface area contributed by atoms with Gasteiger partial charge in [-0.2, -0.15) is 0 Å². The molecule has 23 heavy (non-hydrogen) atoms. The van der Waals surface area contributed by atoms with Crippen molar-refractivity contribution in [1.82, 2.24) is 10.5 Å². The van der Waals surface area contributed by atoms with E-state index in [1.54, 1.807) is 6.07 Å². The first-order valence-corrected chi connectivity index (χ1v) is 7.81. The molecule has 0 saturated heterocycles. The Bertz CT molecular complexity index is 836. The fraction of sp³-hybridized carbons (Fsp3) is 0.263. The van der Waals surface area contributed by atoms with Crippen molar-refractivity contribution in [3.63, 3.8) is 0 Å². The lowest BCUT2D eigenvalue weighted by Gasteiger charge is -2.16. The summed E-state index contributed by atoms with van der Waals surface area (Å²) in [5.74, 6) is 0.755. The summed E-state index contributed by atoms with van der Waals surface area (Å²) < 4.78 is 5.35. The van der Waals surface area contributed by atoms with E-state index in [1.807, 2.05) is 43.3 Å². The van der Waals surface area contributed by atoms with Crippen LogP contribution >= 0.6 is 0 Å². The van der Waals surface area contributed by atoms with Crippen molar-refractivity contribution in [2.45, 2.75) is 26.8 Å². The minimum atomic E-state index is -0.206. The summed E-state index contributed by atoms with van der Waals surface area (Å²) in [5, 5.41) is 9.12. The second kappa shape index (κ2) is 6.24. The van der Waals surface area contributed by atoms with Crippen LogP contribution in [0.4, 0.5) is 0 Å². The molecule has 1 N–H and O–H groups in total. The van der Waals surface area contributed by atoms with Gasteiger partial charge in [0, 0.05) is 17.7 Å². The van der Waals surface area contributed by atoms with Gasteiger partial charge in [-0.1, -0.05) is 55.4 Å². The minimum absolute atomic E-state index is 0.0864. The van der Waals surface area contributed by atoms with Crippen LogP contribution in [0.3, 0.4) is 0 Å². The maximum absolute atomic E-state index is 12.2. The molecule has 1 heterocycles. The molecular weight excluding hydrogens is 288 g/mol. The smallest absolute Gasteiger partial charge is 0.273 e. The number of aromatic nitrogens is 1. The van der Waals surface area contributed by atoms with Crippen LogP contribution in [0.25, 0.3) is 22.1 Å². The van der Waals surface area contributed by atoms with Crippen LogP contribution in [-0.2, 0) is 0 Å². The summed E-state index contributed by atoms with van der Waals surface area (Å²) >= 11 is 0. The number of carbonyl (C=O) groups excluding carboxylic acids is 1. The topological polar surface area (TPSA) is 55.1 Å². The summed E-state index contributed by atoms with van der Waals surface area (Å²) in [7, 11) is 0. The van der Waals surface area contributed by atoms with Crippen LogP contribution in [0.1, 0.15) is 31.3 Å². The second-order valence-corrected chi connectivity index (χ2v) is 6.14. The highest BCUT2D eigenvalue weighted by atomic mass is 16.5. The molecule has 3 aromatic rings. The normalized spacial score (nSPS) is 12.5. The number of hydrogen-bond acceptors (Lipinski definition) is 3. The Morgan fingerprint density at radius 3 is 2.52 bits per heavy atom. The third-order valence-electron chi connectivity index (χ3n) is 4.14. The van der Waals surface area contributed by atoms with Gasteiger partial charge in [0.05, 0.1) is 0 Å². The average Bonchev–Trinajstić information content (AvgIpc) is 3.04. The fourth-order valence-electron chi connectivity index (χ4n) is 2.31. The molecule has 0 spiro atoms. The Morgan fingerprint density at radius 2 is 1.78 bits per heavy atom. The summed E-state index contributed by atoms with van der Waals surface area (Å²) in [6.45, 7) is 6.11. The lowest BCUT2D eigenvalue weighted by atomic mass is 10.1. The Labute approximate surface area is 135 Å². The van der Waals surface area contributed by atoms with Crippen molar-refractivity contribution in [2.75, 3.05) is 0 Å². The zero-order valence-corrected chi connectivity index (χ0v) is 13.5. The number of carbonyl (C=O) groups is 1. The molecule has 0 aliphatic heterocycles. The van der Waals surface area contributed by atoms with Crippen LogP contribution in [0.15, 0.2) is 53.1 Å². The number of nitrogens with one attached hydrogen (secondary N) is 1. The molecule has 0 fully saturated rings. The zero-order valence-electron chi connectivity index (χ0n) is 13.5. The average molecular weight is 308 g/mol. The molecule has 0 bridgehead atoms. The lowest BCUT2D eigenvalue weighted by Crippen LogP contribution is -2.36. The van der Waals surface area contributed by atoms with Crippen LogP contribution < -0.4 is 5.32 Å². The highest BCUT2D eigenvalue weighted by molar-refractivity contribution is 5.93. The van der Waals surface area contributed by atoms with Crippen molar-refractivity contribution in [1.29, 1.82) is 0 Å². The summed E-state index contributed by atoms with van der Waals surface area (Å²) in [6.07, 6.45) is 0. The van der Waals surface area contributed by atoms with E-state index in [1.165, 1.54) is 5.39 Å². The molecule has 4 heteroatoms. The second-order valence-electron chi connectivity index (χ2n) is 6.14. The molecule has 0 aliphatic carbocycles. The predicted octanol–water partition coefficient (Wildman–Crippen LogP) is 4.27. The van der Waals surface area contributed by atoms with Crippen molar-refractivity contribution in [2.24, 2.45) is 5.92 Å². The standard InChI is InChI=1S/C19H20N2O2/c1-12(2)13(3)20-19(22)17-11-18(23-21-17)16-9-8-14-6-4-5-7-15(14)10-16/h4-13H,1-3H3,(H,20,22)/t13-/m0/s1. The van der Waals surface area contributed by atoms with Gasteiger partial charge in [0.1, 0.15) is 0 Å². The van der Waals surface area contributed by atoms with Crippen LogP contribution in [0.2, 0.25) is 0 Å². The van der Waals surface area contributed by atoms with E-state index in [4.69, 9.17) is 4.52 Å². The summed E-state index contributed by atoms with van der Waals surface area (Å²) in [4.78, 5) is 12.2. The third kappa shape index (κ3) is 3.26. The number of amides is 1. The van der Waals surface area contributed by atoms with Gasteiger partial charge in [0.25, 0.3) is 5.91 Å². The molecular formula is C19H20N2O2. The van der Waals surface area contributed by atoms with Gasteiger partial charge in [-0.3, -0.25) is 4.79 Å². The first kappa shape index (κ1) is 15.3. The van der Waals surface area contributed by atoms with Gasteiger partial charge in [0.2, 0.25) is 0 Å². The molecule has 2 aromatic carbocycles. The monoisotopic (exact) mass is 308 g/mol. The Hall–Kier alpha value is -2.62. The van der Waals surface area contributed by atoms with Gasteiger partial charge in [-0.25, -0.2) is 0 Å². The highest BCUT2D eigenvalue weighted by Crippen LogP contribution is 2.25. The fourth-order valence-corrected chi connectivity index (χ4v) is 2.31. The van der Waals surface area contributed by atoms with E-state index in [0.29, 0.717) is 17.4 Å². The predicted molar refractivity (Wildman–Crippen MR) is 91.2 cm³/mol. The van der Waals surface area contributed by atoms with E-state index in [9.17, 15) is 4.79 Å². The molecule has 0 radical (unpaired) electrons. The maximum atomic E-state index is 12.2. The quantitative estimate of drug-likeness (QED) is 0.783. The molecule has 1 amide bonds. The van der Waals surface area contributed by atoms with Crippen molar-refractivity contribution >= 4 is 16.7 Å². The molecule has 4 nitrogen and oxygen atoms in total. The van der Waals surface area contributed by atoms with Crippen LogP contribution in [0.5, 0.6) is 0 Å². The number of fused-ring (bicyclic) bond motifs is 1. The van der Waals surface area contributed by atoms with E-state index < -0.39 is 0 Å². The largest absolute Gasteiger partial charge is 0.355 e. The van der Waals surface area contributed by atoms with E-state index in [2.05, 4.69) is 30.4 Å². The molecule has 1 aromatic heterocycles. The van der Waals surface area contributed by atoms with E-state index in [-0.39, 0.29) is 11.9 Å². The molecule has 0 unspecified atom stereocenters.